The Morgan fingerprint density at radius 3 is 1.29 bits per heavy atom. The summed E-state index contributed by atoms with van der Waals surface area (Å²) in [5.41, 5.74) is 1.47. The summed E-state index contributed by atoms with van der Waals surface area (Å²) in [6.07, 6.45) is 24.0. The van der Waals surface area contributed by atoms with Crippen molar-refractivity contribution in [2.45, 2.75) is 117 Å². The zero-order valence-corrected chi connectivity index (χ0v) is 17.3. The van der Waals surface area contributed by atoms with E-state index in [0.29, 0.717) is 0 Å². The lowest BCUT2D eigenvalue weighted by molar-refractivity contribution is 0.405. The summed E-state index contributed by atoms with van der Waals surface area (Å²) in [5, 5.41) is 0. The van der Waals surface area contributed by atoms with Gasteiger partial charge < -0.3 is 0 Å². The lowest BCUT2D eigenvalue weighted by Crippen LogP contribution is -1.83. The normalized spacial score (nSPS) is 10.0. The first-order valence-electron chi connectivity index (χ1n) is 9.99. The van der Waals surface area contributed by atoms with Crippen LogP contribution in [0.4, 0.5) is 0 Å². The van der Waals surface area contributed by atoms with Gasteiger partial charge in [0.2, 0.25) is 0 Å². The van der Waals surface area contributed by atoms with Crippen molar-refractivity contribution in [1.82, 2.24) is 0 Å². The highest BCUT2D eigenvalue weighted by atomic mass is 31.1. The van der Waals surface area contributed by atoms with Crippen molar-refractivity contribution in [2.24, 2.45) is 0 Å². The Morgan fingerprint density at radius 2 is 1.00 bits per heavy atom. The fourth-order valence-electron chi connectivity index (χ4n) is 2.73. The van der Waals surface area contributed by atoms with E-state index in [0.717, 1.165) is 0 Å². The van der Waals surface area contributed by atoms with Crippen LogP contribution in [-0.2, 0) is 4.57 Å². The van der Waals surface area contributed by atoms with Gasteiger partial charge in [-0.2, -0.15) is 0 Å². The average molecular weight is 362 g/mol. The molecule has 0 heterocycles. The molecule has 0 aromatic carbocycles. The van der Waals surface area contributed by atoms with Crippen LogP contribution in [-0.4, -0.2) is 9.79 Å². The van der Waals surface area contributed by atoms with Crippen LogP contribution in [0.2, 0.25) is 0 Å². The number of unbranched alkanes of at least 4 members (excludes halogenated alkanes) is 14. The Hall–Kier alpha value is -0.240. The molecule has 0 radical (unpaired) electrons. The van der Waals surface area contributed by atoms with E-state index in [1.807, 2.05) is 0 Å². The molecular weight excluding hydrogens is 319 g/mol. The molecule has 4 heteroatoms. The maximum absolute atomic E-state index is 8.70. The highest BCUT2D eigenvalue weighted by Crippen LogP contribution is 2.13. The van der Waals surface area contributed by atoms with Crippen LogP contribution < -0.4 is 0 Å². The topological polar surface area (TPSA) is 57.5 Å². The second-order valence-electron chi connectivity index (χ2n) is 6.92. The fraction of sp³-hybridized carbons (Fsp3) is 0.900. The molecule has 0 aliphatic heterocycles. The third kappa shape index (κ3) is 33.4. The Kier molecular flexibility index (Phi) is 24.7. The van der Waals surface area contributed by atoms with E-state index >= 15 is 0 Å². The SMILES string of the molecule is CCCCCCCCCCCCCCCCC=C(C)C.O=[P+](O)O. The Balaban J connectivity index is 0. The standard InChI is InChI=1S/C20H40.HO3P/c1-4-5-6-7-8-9-10-11-12-13-14-15-16-17-18-19-20(2)3;1-4(2)3/h19H,4-18H2,1-3H3;(H-,1,2,3)/p+1. The molecule has 0 aromatic heterocycles. The Morgan fingerprint density at radius 1 is 0.708 bits per heavy atom. The van der Waals surface area contributed by atoms with Gasteiger partial charge in [0.1, 0.15) is 0 Å². The number of hydrogen-bond acceptors (Lipinski definition) is 1. The van der Waals surface area contributed by atoms with Crippen LogP contribution in [0.5, 0.6) is 0 Å². The van der Waals surface area contributed by atoms with Crippen molar-refractivity contribution in [3.8, 4) is 0 Å². The van der Waals surface area contributed by atoms with Gasteiger partial charge in [0, 0.05) is 4.57 Å². The zero-order valence-electron chi connectivity index (χ0n) is 16.4. The fourth-order valence-corrected chi connectivity index (χ4v) is 2.73. The molecule has 24 heavy (non-hydrogen) atoms. The van der Waals surface area contributed by atoms with Gasteiger partial charge in [0.25, 0.3) is 0 Å². The van der Waals surface area contributed by atoms with Gasteiger partial charge in [-0.1, -0.05) is 102 Å². The Labute approximate surface area is 151 Å². The second kappa shape index (κ2) is 22.8. The third-order valence-corrected chi connectivity index (χ3v) is 4.11. The highest BCUT2D eigenvalue weighted by molar-refractivity contribution is 7.30. The van der Waals surface area contributed by atoms with Crippen LogP contribution in [0.25, 0.3) is 0 Å². The van der Waals surface area contributed by atoms with Crippen LogP contribution in [0.3, 0.4) is 0 Å². The van der Waals surface area contributed by atoms with Gasteiger partial charge in [0.05, 0.1) is 0 Å². The van der Waals surface area contributed by atoms with Crippen molar-refractivity contribution in [3.63, 3.8) is 0 Å². The lowest BCUT2D eigenvalue weighted by atomic mass is 10.0. The maximum Gasteiger partial charge on any atom is 0.692 e. The van der Waals surface area contributed by atoms with E-state index in [4.69, 9.17) is 14.4 Å². The molecule has 0 saturated carbocycles. The van der Waals surface area contributed by atoms with E-state index in [9.17, 15) is 0 Å². The summed E-state index contributed by atoms with van der Waals surface area (Å²) in [6, 6.07) is 0. The molecule has 3 nitrogen and oxygen atoms in total. The van der Waals surface area contributed by atoms with Crippen molar-refractivity contribution >= 4 is 8.25 Å². The van der Waals surface area contributed by atoms with Gasteiger partial charge in [-0.05, 0) is 26.7 Å². The molecule has 2 N–H and O–H groups in total. The van der Waals surface area contributed by atoms with Crippen molar-refractivity contribution < 1.29 is 14.4 Å². The molecule has 0 saturated heterocycles. The van der Waals surface area contributed by atoms with Crippen LogP contribution in [0.15, 0.2) is 11.6 Å². The molecule has 0 amide bonds. The molecule has 0 unspecified atom stereocenters. The Bertz CT molecular complexity index is 283. The number of hydrogen-bond donors (Lipinski definition) is 2. The minimum atomic E-state index is -2.87. The first-order valence-corrected chi connectivity index (χ1v) is 11.2. The summed E-state index contributed by atoms with van der Waals surface area (Å²) in [7, 11) is -2.87. The third-order valence-electron chi connectivity index (χ3n) is 4.11. The monoisotopic (exact) mass is 361 g/mol. The molecule has 0 aliphatic rings. The van der Waals surface area contributed by atoms with Crippen LogP contribution >= 0.6 is 8.25 Å². The van der Waals surface area contributed by atoms with Gasteiger partial charge in [0.15, 0.2) is 0 Å². The maximum atomic E-state index is 8.70. The van der Waals surface area contributed by atoms with E-state index in [-0.39, 0.29) is 0 Å². The predicted octanol–water partition coefficient (Wildman–Crippen LogP) is 7.45. The van der Waals surface area contributed by atoms with E-state index in [1.165, 1.54) is 102 Å². The van der Waals surface area contributed by atoms with E-state index in [1.54, 1.807) is 0 Å². The average Bonchev–Trinajstić information content (AvgIpc) is 2.50. The van der Waals surface area contributed by atoms with Gasteiger partial charge in [-0.15, -0.1) is 9.79 Å². The number of allylic oxidation sites excluding steroid dienone is 2. The van der Waals surface area contributed by atoms with E-state index in [2.05, 4.69) is 26.8 Å². The molecule has 0 bridgehead atoms. The second-order valence-corrected chi connectivity index (χ2v) is 7.42. The van der Waals surface area contributed by atoms with Gasteiger partial charge >= 0.3 is 8.25 Å². The predicted molar refractivity (Wildman–Crippen MR) is 106 cm³/mol. The quantitative estimate of drug-likeness (QED) is 0.181. The summed E-state index contributed by atoms with van der Waals surface area (Å²) < 4.78 is 8.70. The highest BCUT2D eigenvalue weighted by Gasteiger charge is 1.94. The minimum Gasteiger partial charge on any atom is -0.134 e. The lowest BCUT2D eigenvalue weighted by Gasteiger charge is -2.03. The molecular formula is C20H42O3P+. The van der Waals surface area contributed by atoms with E-state index < -0.39 is 8.25 Å². The molecule has 0 fully saturated rings. The molecule has 0 spiro atoms. The van der Waals surface area contributed by atoms with Crippen molar-refractivity contribution in [2.75, 3.05) is 0 Å². The largest absolute Gasteiger partial charge is 0.692 e. The number of rotatable bonds is 15. The molecule has 144 valence electrons. The van der Waals surface area contributed by atoms with Gasteiger partial charge in [-0.25, -0.2) is 0 Å². The first kappa shape index (κ1) is 26.0. The van der Waals surface area contributed by atoms with Crippen LogP contribution in [0, 0.1) is 0 Å². The summed E-state index contributed by atoms with van der Waals surface area (Å²) in [4.78, 5) is 14.2. The summed E-state index contributed by atoms with van der Waals surface area (Å²) in [5.74, 6) is 0. The summed E-state index contributed by atoms with van der Waals surface area (Å²) in [6.45, 7) is 6.69. The first-order chi connectivity index (χ1) is 11.5. The smallest absolute Gasteiger partial charge is 0.134 e. The molecule has 0 atom stereocenters. The molecule has 0 rings (SSSR count). The minimum absolute atomic E-state index is 1.29. The summed E-state index contributed by atoms with van der Waals surface area (Å²) >= 11 is 0. The van der Waals surface area contributed by atoms with Crippen molar-refractivity contribution in [3.05, 3.63) is 11.6 Å². The molecule has 0 aromatic rings. The van der Waals surface area contributed by atoms with Gasteiger partial charge in [-0.3, -0.25) is 0 Å². The zero-order chi connectivity index (χ0) is 18.5. The van der Waals surface area contributed by atoms with Crippen molar-refractivity contribution in [1.29, 1.82) is 0 Å². The molecule has 0 aliphatic carbocycles. The van der Waals surface area contributed by atoms with Crippen LogP contribution in [0.1, 0.15) is 117 Å².